The summed E-state index contributed by atoms with van der Waals surface area (Å²) in [6, 6.07) is 0. The van der Waals surface area contributed by atoms with Crippen molar-refractivity contribution in [3.8, 4) is 0 Å². The van der Waals surface area contributed by atoms with Crippen molar-refractivity contribution in [1.29, 1.82) is 0 Å². The standard InChI is InChI=1S/C10H19O2/c1-9(6-8-11)5-4-7-10(2,3)12/h9,12H,4-7H2,1-3H3. The summed E-state index contributed by atoms with van der Waals surface area (Å²) in [6.45, 7) is 5.66. The molecule has 0 fully saturated rings. The normalized spacial score (nSPS) is 14.3. The van der Waals surface area contributed by atoms with E-state index in [1.165, 1.54) is 0 Å². The van der Waals surface area contributed by atoms with Gasteiger partial charge in [0, 0.05) is 6.42 Å². The Morgan fingerprint density at radius 3 is 2.50 bits per heavy atom. The van der Waals surface area contributed by atoms with Gasteiger partial charge in [-0.2, -0.15) is 0 Å². The topological polar surface area (TPSA) is 37.3 Å². The van der Waals surface area contributed by atoms with Crippen LogP contribution in [0, 0.1) is 5.92 Å². The molecule has 0 amide bonds. The number of aliphatic hydroxyl groups is 1. The molecule has 0 bridgehead atoms. The molecular formula is C10H19O2. The first-order chi connectivity index (χ1) is 5.45. The minimum absolute atomic E-state index is 0.407. The van der Waals surface area contributed by atoms with E-state index in [0.29, 0.717) is 12.3 Å². The molecule has 0 heterocycles. The summed E-state index contributed by atoms with van der Waals surface area (Å²) < 4.78 is 0. The molecule has 0 aliphatic rings. The third-order valence-electron chi connectivity index (χ3n) is 1.92. The molecule has 1 unspecified atom stereocenters. The minimum Gasteiger partial charge on any atom is -0.390 e. The lowest BCUT2D eigenvalue weighted by Gasteiger charge is -2.17. The molecule has 0 aromatic rings. The maximum Gasteiger partial charge on any atom is 0.198 e. The third-order valence-corrected chi connectivity index (χ3v) is 1.92. The van der Waals surface area contributed by atoms with E-state index in [1.807, 2.05) is 27.1 Å². The van der Waals surface area contributed by atoms with E-state index < -0.39 is 5.60 Å². The van der Waals surface area contributed by atoms with Crippen molar-refractivity contribution in [3.63, 3.8) is 0 Å². The fourth-order valence-corrected chi connectivity index (χ4v) is 1.13. The van der Waals surface area contributed by atoms with Crippen molar-refractivity contribution < 1.29 is 9.90 Å². The molecule has 0 aliphatic carbocycles. The molecule has 0 saturated heterocycles. The van der Waals surface area contributed by atoms with Gasteiger partial charge in [-0.1, -0.05) is 19.8 Å². The van der Waals surface area contributed by atoms with E-state index in [9.17, 15) is 9.90 Å². The molecule has 2 nitrogen and oxygen atoms in total. The Bertz CT molecular complexity index is 124. The van der Waals surface area contributed by atoms with Gasteiger partial charge < -0.3 is 5.11 Å². The maximum absolute atomic E-state index is 10.0. The van der Waals surface area contributed by atoms with Crippen molar-refractivity contribution in [2.75, 3.05) is 0 Å². The Balaban J connectivity index is 3.36. The SMILES string of the molecule is CC(C[C]=O)CCCC(C)(C)O. The highest BCUT2D eigenvalue weighted by atomic mass is 16.3. The van der Waals surface area contributed by atoms with Crippen LogP contribution in [0.4, 0.5) is 0 Å². The van der Waals surface area contributed by atoms with Crippen molar-refractivity contribution in [2.45, 2.75) is 52.1 Å². The van der Waals surface area contributed by atoms with Gasteiger partial charge in [0.05, 0.1) is 5.60 Å². The number of hydrogen-bond donors (Lipinski definition) is 1. The monoisotopic (exact) mass is 171 g/mol. The average molecular weight is 171 g/mol. The van der Waals surface area contributed by atoms with Crippen LogP contribution in [0.15, 0.2) is 0 Å². The fourth-order valence-electron chi connectivity index (χ4n) is 1.13. The Morgan fingerprint density at radius 1 is 1.50 bits per heavy atom. The van der Waals surface area contributed by atoms with Crippen LogP contribution in [0.5, 0.6) is 0 Å². The van der Waals surface area contributed by atoms with Gasteiger partial charge in [-0.05, 0) is 26.2 Å². The van der Waals surface area contributed by atoms with E-state index in [-0.39, 0.29) is 0 Å². The van der Waals surface area contributed by atoms with Gasteiger partial charge in [-0.25, -0.2) is 0 Å². The lowest BCUT2D eigenvalue weighted by atomic mass is 9.96. The van der Waals surface area contributed by atoms with Gasteiger partial charge >= 0.3 is 0 Å². The Morgan fingerprint density at radius 2 is 2.08 bits per heavy atom. The molecule has 0 spiro atoms. The summed E-state index contributed by atoms with van der Waals surface area (Å²) in [7, 11) is 0. The molecule has 1 atom stereocenters. The van der Waals surface area contributed by atoms with E-state index in [1.54, 1.807) is 0 Å². The van der Waals surface area contributed by atoms with Gasteiger partial charge in [0.15, 0.2) is 6.29 Å². The molecule has 0 aromatic heterocycles. The molecule has 0 saturated carbocycles. The quantitative estimate of drug-likeness (QED) is 0.664. The van der Waals surface area contributed by atoms with Gasteiger partial charge in [0.2, 0.25) is 0 Å². The average Bonchev–Trinajstić information content (AvgIpc) is 1.84. The predicted octanol–water partition coefficient (Wildman–Crippen LogP) is 2.06. The maximum atomic E-state index is 10.0. The number of rotatable bonds is 6. The highest BCUT2D eigenvalue weighted by Crippen LogP contribution is 2.16. The van der Waals surface area contributed by atoms with Crippen molar-refractivity contribution in [2.24, 2.45) is 5.92 Å². The zero-order valence-electron chi connectivity index (χ0n) is 8.26. The van der Waals surface area contributed by atoms with Crippen LogP contribution < -0.4 is 0 Å². The van der Waals surface area contributed by atoms with Gasteiger partial charge in [0.1, 0.15) is 0 Å². The first kappa shape index (κ1) is 11.6. The van der Waals surface area contributed by atoms with Crippen molar-refractivity contribution in [1.82, 2.24) is 0 Å². The largest absolute Gasteiger partial charge is 0.390 e. The van der Waals surface area contributed by atoms with Crippen molar-refractivity contribution in [3.05, 3.63) is 0 Å². The first-order valence-corrected chi connectivity index (χ1v) is 4.53. The first-order valence-electron chi connectivity index (χ1n) is 4.53. The molecule has 2 heteroatoms. The highest BCUT2D eigenvalue weighted by Gasteiger charge is 2.12. The molecule has 0 rings (SSSR count). The summed E-state index contributed by atoms with van der Waals surface area (Å²) in [4.78, 5) is 10.0. The summed E-state index contributed by atoms with van der Waals surface area (Å²) in [6.07, 6.45) is 5.20. The van der Waals surface area contributed by atoms with Gasteiger partial charge in [-0.15, -0.1) is 0 Å². The van der Waals surface area contributed by atoms with E-state index in [0.717, 1.165) is 19.3 Å². The molecular weight excluding hydrogens is 152 g/mol. The van der Waals surface area contributed by atoms with Crippen molar-refractivity contribution >= 4 is 6.29 Å². The molecule has 0 aromatic carbocycles. The molecule has 1 N–H and O–H groups in total. The third kappa shape index (κ3) is 7.73. The van der Waals surface area contributed by atoms with Crippen LogP contribution >= 0.6 is 0 Å². The van der Waals surface area contributed by atoms with E-state index in [2.05, 4.69) is 0 Å². The summed E-state index contributed by atoms with van der Waals surface area (Å²) in [5, 5.41) is 9.38. The summed E-state index contributed by atoms with van der Waals surface area (Å²) in [5.74, 6) is 0.407. The molecule has 12 heavy (non-hydrogen) atoms. The second kappa shape index (κ2) is 5.31. The molecule has 1 radical (unpaired) electrons. The fraction of sp³-hybridized carbons (Fsp3) is 0.900. The Kier molecular flexibility index (Phi) is 5.14. The zero-order valence-corrected chi connectivity index (χ0v) is 8.26. The van der Waals surface area contributed by atoms with Gasteiger partial charge in [-0.3, -0.25) is 4.79 Å². The lowest BCUT2D eigenvalue weighted by Crippen LogP contribution is -2.18. The number of hydrogen-bond acceptors (Lipinski definition) is 2. The second-order valence-corrected chi connectivity index (χ2v) is 4.16. The van der Waals surface area contributed by atoms with E-state index in [4.69, 9.17) is 0 Å². The smallest absolute Gasteiger partial charge is 0.198 e. The zero-order chi connectivity index (χ0) is 9.61. The van der Waals surface area contributed by atoms with Crippen LogP contribution in [0.3, 0.4) is 0 Å². The molecule has 71 valence electrons. The Labute approximate surface area is 75.0 Å². The molecule has 0 aliphatic heterocycles. The van der Waals surface area contributed by atoms with Gasteiger partial charge in [0.25, 0.3) is 0 Å². The van der Waals surface area contributed by atoms with Crippen LogP contribution in [-0.2, 0) is 4.79 Å². The predicted molar refractivity (Wildman–Crippen MR) is 49.6 cm³/mol. The Hall–Kier alpha value is -0.370. The van der Waals surface area contributed by atoms with E-state index >= 15 is 0 Å². The van der Waals surface area contributed by atoms with Crippen LogP contribution in [-0.4, -0.2) is 17.0 Å². The van der Waals surface area contributed by atoms with Crippen LogP contribution in [0.25, 0.3) is 0 Å². The highest BCUT2D eigenvalue weighted by molar-refractivity contribution is 5.50. The summed E-state index contributed by atoms with van der Waals surface area (Å²) in [5.41, 5.74) is -0.565. The lowest BCUT2D eigenvalue weighted by molar-refractivity contribution is 0.0671. The summed E-state index contributed by atoms with van der Waals surface area (Å²) >= 11 is 0. The minimum atomic E-state index is -0.565. The van der Waals surface area contributed by atoms with Crippen LogP contribution in [0.1, 0.15) is 46.5 Å². The van der Waals surface area contributed by atoms with Crippen LogP contribution in [0.2, 0.25) is 0 Å². The number of carbonyl (C=O) groups excluding carboxylic acids is 1. The second-order valence-electron chi connectivity index (χ2n) is 4.16.